The van der Waals surface area contributed by atoms with Gasteiger partial charge >= 0.3 is 0 Å². The molecular formula is C9H16N4O2. The van der Waals surface area contributed by atoms with Crippen molar-refractivity contribution >= 4 is 11.6 Å². The van der Waals surface area contributed by atoms with Gasteiger partial charge in [-0.25, -0.2) is 0 Å². The van der Waals surface area contributed by atoms with Crippen molar-refractivity contribution in [2.75, 3.05) is 26.0 Å². The normalized spacial score (nSPS) is 10.2. The van der Waals surface area contributed by atoms with E-state index in [1.165, 1.54) is 6.20 Å². The lowest BCUT2D eigenvalue weighted by Crippen LogP contribution is -2.25. The molecule has 0 saturated carbocycles. The molecule has 6 heteroatoms. The van der Waals surface area contributed by atoms with Crippen LogP contribution in [0.5, 0.6) is 0 Å². The van der Waals surface area contributed by atoms with Crippen LogP contribution < -0.4 is 11.1 Å². The summed E-state index contributed by atoms with van der Waals surface area (Å²) in [7, 11) is 1.66. The second-order valence-corrected chi connectivity index (χ2v) is 3.16. The average Bonchev–Trinajstić information content (AvgIpc) is 2.64. The van der Waals surface area contributed by atoms with Gasteiger partial charge in [0.05, 0.1) is 11.9 Å². The van der Waals surface area contributed by atoms with Crippen molar-refractivity contribution in [3.05, 3.63) is 11.9 Å². The van der Waals surface area contributed by atoms with Crippen molar-refractivity contribution in [2.24, 2.45) is 0 Å². The second-order valence-electron chi connectivity index (χ2n) is 3.16. The van der Waals surface area contributed by atoms with E-state index in [0.717, 1.165) is 12.8 Å². The molecular weight excluding hydrogens is 196 g/mol. The van der Waals surface area contributed by atoms with Crippen molar-refractivity contribution in [3.8, 4) is 0 Å². The smallest absolute Gasteiger partial charge is 0.271 e. The molecule has 0 bridgehead atoms. The summed E-state index contributed by atoms with van der Waals surface area (Å²) in [6, 6.07) is 0. The Morgan fingerprint density at radius 1 is 1.67 bits per heavy atom. The minimum Gasteiger partial charge on any atom is -0.396 e. The molecule has 0 saturated heterocycles. The number of hydrogen-bond donors (Lipinski definition) is 3. The van der Waals surface area contributed by atoms with Crippen molar-refractivity contribution in [2.45, 2.75) is 12.8 Å². The number of carbonyl (C=O) groups is 1. The first-order chi connectivity index (χ1) is 7.25. The Kier molecular flexibility index (Phi) is 4.62. The fourth-order valence-corrected chi connectivity index (χ4v) is 1.14. The molecule has 1 heterocycles. The first-order valence-corrected chi connectivity index (χ1v) is 4.81. The van der Waals surface area contributed by atoms with E-state index in [9.17, 15) is 4.79 Å². The predicted molar refractivity (Wildman–Crippen MR) is 56.4 cm³/mol. The number of aromatic amines is 1. The molecule has 0 aromatic carbocycles. The summed E-state index contributed by atoms with van der Waals surface area (Å²) in [4.78, 5) is 11.5. The predicted octanol–water partition coefficient (Wildman–Crippen LogP) is 0.148. The van der Waals surface area contributed by atoms with Gasteiger partial charge in [0.25, 0.3) is 5.91 Å². The maximum absolute atomic E-state index is 11.5. The largest absolute Gasteiger partial charge is 0.396 e. The number of unbranched alkanes of at least 4 members (excludes halogenated alkanes) is 1. The van der Waals surface area contributed by atoms with Gasteiger partial charge < -0.3 is 15.8 Å². The van der Waals surface area contributed by atoms with Gasteiger partial charge in [-0.15, -0.1) is 0 Å². The molecule has 0 spiro atoms. The molecule has 1 aromatic heterocycles. The van der Waals surface area contributed by atoms with Crippen molar-refractivity contribution in [1.29, 1.82) is 0 Å². The van der Waals surface area contributed by atoms with Crippen LogP contribution in [0.1, 0.15) is 23.3 Å². The van der Waals surface area contributed by atoms with E-state index in [-0.39, 0.29) is 5.91 Å². The molecule has 84 valence electrons. The highest BCUT2D eigenvalue weighted by molar-refractivity contribution is 5.96. The summed E-state index contributed by atoms with van der Waals surface area (Å²) < 4.78 is 4.89. The highest BCUT2D eigenvalue weighted by Crippen LogP contribution is 2.04. The molecule has 1 amide bonds. The van der Waals surface area contributed by atoms with Crippen LogP contribution in [-0.2, 0) is 4.74 Å². The maximum atomic E-state index is 11.5. The number of ether oxygens (including phenoxy) is 1. The van der Waals surface area contributed by atoms with E-state index in [1.807, 2.05) is 0 Å². The Bertz CT molecular complexity index is 311. The molecule has 15 heavy (non-hydrogen) atoms. The number of carbonyl (C=O) groups excluding carboxylic acids is 1. The van der Waals surface area contributed by atoms with Crippen LogP contribution in [0.2, 0.25) is 0 Å². The molecule has 0 atom stereocenters. The summed E-state index contributed by atoms with van der Waals surface area (Å²) in [5.41, 5.74) is 6.21. The quantitative estimate of drug-likeness (QED) is 0.585. The molecule has 1 rings (SSSR count). The number of nitrogens with zero attached hydrogens (tertiary/aromatic N) is 1. The van der Waals surface area contributed by atoms with Crippen LogP contribution in [0.4, 0.5) is 5.69 Å². The van der Waals surface area contributed by atoms with Crippen molar-refractivity contribution < 1.29 is 9.53 Å². The van der Waals surface area contributed by atoms with Gasteiger partial charge in [-0.1, -0.05) is 0 Å². The van der Waals surface area contributed by atoms with Crippen LogP contribution in [-0.4, -0.2) is 36.4 Å². The number of nitrogens with two attached hydrogens (primary N) is 1. The van der Waals surface area contributed by atoms with Gasteiger partial charge in [0.1, 0.15) is 5.69 Å². The number of hydrogen-bond acceptors (Lipinski definition) is 4. The third-order valence-electron chi connectivity index (χ3n) is 1.96. The molecule has 0 aliphatic carbocycles. The van der Waals surface area contributed by atoms with Crippen LogP contribution in [0.25, 0.3) is 0 Å². The van der Waals surface area contributed by atoms with Crippen LogP contribution in [0.15, 0.2) is 6.20 Å². The maximum Gasteiger partial charge on any atom is 0.271 e. The molecule has 0 aliphatic heterocycles. The van der Waals surface area contributed by atoms with Gasteiger partial charge in [0.15, 0.2) is 0 Å². The second kappa shape index (κ2) is 6.02. The van der Waals surface area contributed by atoms with E-state index < -0.39 is 0 Å². The summed E-state index contributed by atoms with van der Waals surface area (Å²) in [5.74, 6) is -0.220. The molecule has 6 nitrogen and oxygen atoms in total. The Labute approximate surface area is 88.2 Å². The molecule has 1 aromatic rings. The van der Waals surface area contributed by atoms with E-state index >= 15 is 0 Å². The third-order valence-corrected chi connectivity index (χ3v) is 1.96. The number of aromatic nitrogens is 2. The lowest BCUT2D eigenvalue weighted by molar-refractivity contribution is 0.0947. The first kappa shape index (κ1) is 11.5. The van der Waals surface area contributed by atoms with E-state index in [2.05, 4.69) is 15.5 Å². The number of rotatable bonds is 6. The Morgan fingerprint density at radius 2 is 2.47 bits per heavy atom. The summed E-state index contributed by atoms with van der Waals surface area (Å²) in [5, 5.41) is 8.95. The Hall–Kier alpha value is -1.56. The lowest BCUT2D eigenvalue weighted by Gasteiger charge is -2.03. The highest BCUT2D eigenvalue weighted by atomic mass is 16.5. The van der Waals surface area contributed by atoms with Crippen LogP contribution in [0.3, 0.4) is 0 Å². The van der Waals surface area contributed by atoms with Gasteiger partial charge in [0.2, 0.25) is 0 Å². The number of H-pyrrole nitrogens is 1. The number of amides is 1. The summed E-state index contributed by atoms with van der Waals surface area (Å²) >= 11 is 0. The zero-order valence-corrected chi connectivity index (χ0v) is 8.75. The summed E-state index contributed by atoms with van der Waals surface area (Å²) in [6.45, 7) is 1.32. The highest BCUT2D eigenvalue weighted by Gasteiger charge is 2.10. The van der Waals surface area contributed by atoms with Crippen molar-refractivity contribution in [1.82, 2.24) is 15.5 Å². The zero-order valence-electron chi connectivity index (χ0n) is 8.75. The molecule has 4 N–H and O–H groups in total. The van der Waals surface area contributed by atoms with Gasteiger partial charge in [-0.3, -0.25) is 9.89 Å². The minimum atomic E-state index is -0.220. The SMILES string of the molecule is COCCCCNC(=O)c1[nH]ncc1N. The standard InChI is InChI=1S/C9H16N4O2/c1-15-5-3-2-4-11-9(14)8-7(10)6-12-13-8/h6H,2-5,10H2,1H3,(H,11,14)(H,12,13). The fourth-order valence-electron chi connectivity index (χ4n) is 1.14. The molecule has 0 fully saturated rings. The number of methoxy groups -OCH3 is 1. The van der Waals surface area contributed by atoms with E-state index in [1.54, 1.807) is 7.11 Å². The zero-order chi connectivity index (χ0) is 11.1. The number of nitrogens with one attached hydrogen (secondary N) is 2. The minimum absolute atomic E-state index is 0.220. The van der Waals surface area contributed by atoms with E-state index in [4.69, 9.17) is 10.5 Å². The molecule has 0 radical (unpaired) electrons. The Morgan fingerprint density at radius 3 is 3.07 bits per heavy atom. The fraction of sp³-hybridized carbons (Fsp3) is 0.556. The number of anilines is 1. The monoisotopic (exact) mass is 212 g/mol. The van der Waals surface area contributed by atoms with Gasteiger partial charge in [0, 0.05) is 20.3 Å². The van der Waals surface area contributed by atoms with Crippen molar-refractivity contribution in [3.63, 3.8) is 0 Å². The van der Waals surface area contributed by atoms with E-state index in [0.29, 0.717) is 24.5 Å². The average molecular weight is 212 g/mol. The lowest BCUT2D eigenvalue weighted by atomic mass is 10.3. The third kappa shape index (κ3) is 3.59. The van der Waals surface area contributed by atoms with Crippen LogP contribution in [0, 0.1) is 0 Å². The topological polar surface area (TPSA) is 93.0 Å². The van der Waals surface area contributed by atoms with Gasteiger partial charge in [-0.2, -0.15) is 5.10 Å². The summed E-state index contributed by atoms with van der Waals surface area (Å²) in [6.07, 6.45) is 3.22. The number of nitrogen functional groups attached to an aromatic ring is 1. The van der Waals surface area contributed by atoms with Gasteiger partial charge in [-0.05, 0) is 12.8 Å². The first-order valence-electron chi connectivity index (χ1n) is 4.81. The molecule has 0 aliphatic rings. The Balaban J connectivity index is 2.22. The van der Waals surface area contributed by atoms with Crippen LogP contribution >= 0.6 is 0 Å². The molecule has 0 unspecified atom stereocenters.